The highest BCUT2D eigenvalue weighted by Gasteiger charge is 2.25. The average molecular weight is 594 g/mol. The van der Waals surface area contributed by atoms with E-state index in [4.69, 9.17) is 39.0 Å². The number of aromatic nitrogens is 4. The van der Waals surface area contributed by atoms with Gasteiger partial charge in [-0.15, -0.1) is 0 Å². The van der Waals surface area contributed by atoms with Crippen LogP contribution < -0.4 is 17.0 Å². The highest BCUT2D eigenvalue weighted by Crippen LogP contribution is 2.32. The van der Waals surface area contributed by atoms with Crippen LogP contribution >= 0.6 is 23.2 Å². The van der Waals surface area contributed by atoms with Gasteiger partial charge in [-0.05, 0) is 47.5 Å². The summed E-state index contributed by atoms with van der Waals surface area (Å²) in [6.07, 6.45) is -0.627. The number of imidazole rings is 1. The molecule has 41 heavy (non-hydrogen) atoms. The molecule has 0 unspecified atom stereocenters. The van der Waals surface area contributed by atoms with Gasteiger partial charge >= 0.3 is 5.69 Å². The molecule has 10 nitrogen and oxygen atoms in total. The largest absolute Gasteiger partial charge is 0.394 e. The first kappa shape index (κ1) is 28.3. The predicted molar refractivity (Wildman–Crippen MR) is 157 cm³/mol. The van der Waals surface area contributed by atoms with Gasteiger partial charge < -0.3 is 15.9 Å². The number of nitrogens with zero attached hydrogens (tertiary/aromatic N) is 4. The van der Waals surface area contributed by atoms with Crippen molar-refractivity contribution < 1.29 is 15.0 Å². The molecule has 4 N–H and O–H groups in total. The Morgan fingerprint density at radius 3 is 2.22 bits per heavy atom. The second kappa shape index (κ2) is 11.7. The lowest BCUT2D eigenvalue weighted by Crippen LogP contribution is -2.43. The van der Waals surface area contributed by atoms with E-state index < -0.39 is 29.8 Å². The summed E-state index contributed by atoms with van der Waals surface area (Å²) in [5.74, 6) is -0.547. The maximum absolute atomic E-state index is 13.8. The summed E-state index contributed by atoms with van der Waals surface area (Å²) in [5, 5.41) is 19.8. The van der Waals surface area contributed by atoms with Crippen molar-refractivity contribution in [1.82, 2.24) is 18.7 Å². The van der Waals surface area contributed by atoms with E-state index in [0.29, 0.717) is 32.7 Å². The minimum atomic E-state index is -0.888. The van der Waals surface area contributed by atoms with Crippen LogP contribution in [0, 0.1) is 0 Å². The fourth-order valence-corrected chi connectivity index (χ4v) is 4.99. The summed E-state index contributed by atoms with van der Waals surface area (Å²) in [4.78, 5) is 44.2. The molecule has 5 aromatic rings. The first-order chi connectivity index (χ1) is 19.7. The molecular weight excluding hydrogens is 569 g/mol. The van der Waals surface area contributed by atoms with E-state index >= 15 is 0 Å². The summed E-state index contributed by atoms with van der Waals surface area (Å²) < 4.78 is 3.69. The van der Waals surface area contributed by atoms with Gasteiger partial charge in [0.15, 0.2) is 11.2 Å². The zero-order valence-electron chi connectivity index (χ0n) is 21.6. The van der Waals surface area contributed by atoms with E-state index in [0.717, 1.165) is 10.1 Å². The highest BCUT2D eigenvalue weighted by atomic mass is 35.5. The summed E-state index contributed by atoms with van der Waals surface area (Å²) >= 11 is 12.7. The number of aliphatic hydroxyl groups excluding tert-OH is 2. The second-order valence-corrected chi connectivity index (χ2v) is 10.3. The van der Waals surface area contributed by atoms with Gasteiger partial charge in [0.2, 0.25) is 5.91 Å². The molecule has 0 spiro atoms. The normalized spacial score (nSPS) is 12.1. The standard InChI is InChI=1S/C29H25Cl2N5O5/c30-19-9-11-20(12-10-19)36-25-27(33-26(36)22-3-1-2-4-23(22)31)34(29(41)35(28(25)40)15-24(32)39)14-18-7-5-17(6-8-18)13-21(38)16-37/h1-12,21,37-38H,13-16H2,(H2,32,39)/t21-/m1/s1. The fourth-order valence-electron chi connectivity index (χ4n) is 4.64. The predicted octanol–water partition coefficient (Wildman–Crippen LogP) is 2.75. The third kappa shape index (κ3) is 5.68. The minimum Gasteiger partial charge on any atom is -0.394 e. The quantitative estimate of drug-likeness (QED) is 0.239. The monoisotopic (exact) mass is 593 g/mol. The number of aliphatic hydroxyl groups is 2. The van der Waals surface area contributed by atoms with Crippen molar-refractivity contribution in [1.29, 1.82) is 0 Å². The van der Waals surface area contributed by atoms with Gasteiger partial charge in [-0.25, -0.2) is 14.3 Å². The van der Waals surface area contributed by atoms with Gasteiger partial charge in [0.25, 0.3) is 5.56 Å². The number of carbonyl (C=O) groups is 1. The Kier molecular flexibility index (Phi) is 8.09. The molecule has 0 saturated heterocycles. The molecule has 0 aliphatic heterocycles. The van der Waals surface area contributed by atoms with Gasteiger partial charge in [-0.1, -0.05) is 59.6 Å². The lowest BCUT2D eigenvalue weighted by Gasteiger charge is -2.13. The molecule has 1 amide bonds. The number of rotatable bonds is 9. The van der Waals surface area contributed by atoms with Crippen LogP contribution in [0.25, 0.3) is 28.2 Å². The van der Waals surface area contributed by atoms with Crippen LogP contribution in [-0.4, -0.2) is 47.5 Å². The molecule has 0 saturated carbocycles. The maximum atomic E-state index is 13.8. The van der Waals surface area contributed by atoms with E-state index in [9.17, 15) is 19.5 Å². The minimum absolute atomic E-state index is 0.0107. The van der Waals surface area contributed by atoms with E-state index in [2.05, 4.69) is 0 Å². The summed E-state index contributed by atoms with van der Waals surface area (Å²) in [6, 6.07) is 20.8. The van der Waals surface area contributed by atoms with Crippen molar-refractivity contribution in [2.45, 2.75) is 25.6 Å². The van der Waals surface area contributed by atoms with Crippen molar-refractivity contribution in [2.24, 2.45) is 5.73 Å². The van der Waals surface area contributed by atoms with E-state index in [1.807, 2.05) is 0 Å². The zero-order valence-corrected chi connectivity index (χ0v) is 23.1. The number of hydrogen-bond acceptors (Lipinski definition) is 6. The molecule has 1 atom stereocenters. The first-order valence-electron chi connectivity index (χ1n) is 12.6. The van der Waals surface area contributed by atoms with Crippen LogP contribution in [0.15, 0.2) is 82.4 Å². The third-order valence-electron chi connectivity index (χ3n) is 6.58. The fraction of sp³-hybridized carbons (Fsp3) is 0.172. The van der Waals surface area contributed by atoms with Crippen LogP contribution in [0.1, 0.15) is 11.1 Å². The molecule has 12 heteroatoms. The number of carbonyl (C=O) groups excluding carboxylic acids is 1. The Bertz CT molecular complexity index is 1860. The lowest BCUT2D eigenvalue weighted by molar-refractivity contribution is -0.118. The van der Waals surface area contributed by atoms with Crippen LogP contribution in [0.5, 0.6) is 0 Å². The zero-order chi connectivity index (χ0) is 29.3. The number of fused-ring (bicyclic) bond motifs is 1. The molecule has 0 radical (unpaired) electrons. The SMILES string of the molecule is NC(=O)Cn1c(=O)c2c(nc(-c3ccccc3Cl)n2-c2ccc(Cl)cc2)n(Cc2ccc(C[C@@H](O)CO)cc2)c1=O. The number of nitrogens with two attached hydrogens (primary N) is 1. The molecule has 0 aliphatic rings. The molecule has 2 heterocycles. The number of halogens is 2. The van der Waals surface area contributed by atoms with Crippen molar-refractivity contribution in [2.75, 3.05) is 6.61 Å². The second-order valence-electron chi connectivity index (χ2n) is 9.48. The van der Waals surface area contributed by atoms with Crippen molar-refractivity contribution in [3.8, 4) is 17.1 Å². The number of benzene rings is 3. The van der Waals surface area contributed by atoms with E-state index in [1.165, 1.54) is 4.57 Å². The smallest absolute Gasteiger partial charge is 0.333 e. The van der Waals surface area contributed by atoms with Gasteiger partial charge in [0.1, 0.15) is 12.4 Å². The van der Waals surface area contributed by atoms with Crippen LogP contribution in [0.2, 0.25) is 10.0 Å². The molecular formula is C29H25Cl2N5O5. The third-order valence-corrected chi connectivity index (χ3v) is 7.17. The Balaban J connectivity index is 1.79. The van der Waals surface area contributed by atoms with Crippen LogP contribution in [-0.2, 0) is 24.3 Å². The maximum Gasteiger partial charge on any atom is 0.333 e. The molecule has 3 aromatic carbocycles. The number of hydrogen-bond donors (Lipinski definition) is 3. The van der Waals surface area contributed by atoms with Gasteiger partial charge in [-0.2, -0.15) is 0 Å². The molecule has 0 bridgehead atoms. The van der Waals surface area contributed by atoms with Gasteiger partial charge in [-0.3, -0.25) is 18.7 Å². The number of primary amides is 1. The molecule has 2 aromatic heterocycles. The van der Waals surface area contributed by atoms with E-state index in [-0.39, 0.29) is 30.7 Å². The van der Waals surface area contributed by atoms with E-state index in [1.54, 1.807) is 77.4 Å². The average Bonchev–Trinajstić information content (AvgIpc) is 3.35. The lowest BCUT2D eigenvalue weighted by atomic mass is 10.1. The van der Waals surface area contributed by atoms with Crippen molar-refractivity contribution in [3.63, 3.8) is 0 Å². The molecule has 210 valence electrons. The Morgan fingerprint density at radius 2 is 1.59 bits per heavy atom. The Hall–Kier alpha value is -4.22. The Labute approximate surface area is 243 Å². The molecule has 5 rings (SSSR count). The van der Waals surface area contributed by atoms with Gasteiger partial charge in [0.05, 0.1) is 24.3 Å². The van der Waals surface area contributed by atoms with Gasteiger partial charge in [0, 0.05) is 22.7 Å². The molecule has 0 fully saturated rings. The topological polar surface area (TPSA) is 145 Å². The summed E-state index contributed by atoms with van der Waals surface area (Å²) in [5.41, 5.74) is 6.60. The molecule has 0 aliphatic carbocycles. The Morgan fingerprint density at radius 1 is 0.927 bits per heavy atom. The van der Waals surface area contributed by atoms with Crippen molar-refractivity contribution in [3.05, 3.63) is 115 Å². The first-order valence-corrected chi connectivity index (χ1v) is 13.4. The van der Waals surface area contributed by atoms with Crippen LogP contribution in [0.4, 0.5) is 0 Å². The van der Waals surface area contributed by atoms with Crippen molar-refractivity contribution >= 4 is 40.3 Å². The summed E-state index contributed by atoms with van der Waals surface area (Å²) in [7, 11) is 0. The van der Waals surface area contributed by atoms with Crippen LogP contribution in [0.3, 0.4) is 0 Å². The number of amides is 1. The summed E-state index contributed by atoms with van der Waals surface area (Å²) in [6.45, 7) is -0.976. The highest BCUT2D eigenvalue weighted by molar-refractivity contribution is 6.33.